The minimum absolute atomic E-state index is 0.688. The van der Waals surface area contributed by atoms with E-state index in [1.54, 1.807) is 26.1 Å². The lowest BCUT2D eigenvalue weighted by molar-refractivity contribution is -0.291. The molecule has 0 aromatic heterocycles. The van der Waals surface area contributed by atoms with Gasteiger partial charge in [-0.2, -0.15) is 0 Å². The molecule has 0 unspecified atom stereocenters. The number of esters is 1. The SMILES string of the molecule is CC(C)(C)OC(=O)CNC(=O)OC(F)(F)F. The summed E-state index contributed by atoms with van der Waals surface area (Å²) in [4.78, 5) is 21.4. The van der Waals surface area contributed by atoms with Gasteiger partial charge in [-0.25, -0.2) is 4.79 Å². The standard InChI is InChI=1S/C8H12F3NO4/c1-7(2,3)15-5(13)4-12-6(14)16-8(9,10)11/h4H2,1-3H3,(H,12,14). The van der Waals surface area contributed by atoms with Crippen LogP contribution < -0.4 is 5.32 Å². The van der Waals surface area contributed by atoms with E-state index in [4.69, 9.17) is 4.74 Å². The highest BCUT2D eigenvalue weighted by Crippen LogP contribution is 2.15. The van der Waals surface area contributed by atoms with E-state index in [2.05, 4.69) is 4.74 Å². The Morgan fingerprint density at radius 3 is 2.00 bits per heavy atom. The third kappa shape index (κ3) is 9.10. The van der Waals surface area contributed by atoms with Gasteiger partial charge in [0.1, 0.15) is 12.1 Å². The molecule has 0 atom stereocenters. The average Bonchev–Trinajstić information content (AvgIpc) is 1.94. The van der Waals surface area contributed by atoms with Crippen LogP contribution in [-0.2, 0) is 14.3 Å². The summed E-state index contributed by atoms with van der Waals surface area (Å²) in [5.41, 5.74) is -0.771. The Balaban J connectivity index is 3.90. The third-order valence-corrected chi connectivity index (χ3v) is 1.01. The number of nitrogens with one attached hydrogen (secondary N) is 1. The second kappa shape index (κ2) is 5.04. The molecular formula is C8H12F3NO4. The van der Waals surface area contributed by atoms with E-state index in [1.165, 1.54) is 0 Å². The lowest BCUT2D eigenvalue weighted by Gasteiger charge is -2.19. The van der Waals surface area contributed by atoms with Crippen molar-refractivity contribution in [3.05, 3.63) is 0 Å². The van der Waals surface area contributed by atoms with Crippen molar-refractivity contribution in [1.82, 2.24) is 5.32 Å². The van der Waals surface area contributed by atoms with Gasteiger partial charge in [-0.1, -0.05) is 0 Å². The fourth-order valence-corrected chi connectivity index (χ4v) is 0.663. The number of carbonyl (C=O) groups is 2. The molecule has 0 aliphatic rings. The smallest absolute Gasteiger partial charge is 0.459 e. The first kappa shape index (κ1) is 14.5. The van der Waals surface area contributed by atoms with Gasteiger partial charge in [0, 0.05) is 0 Å². The summed E-state index contributed by atoms with van der Waals surface area (Å²) < 4.78 is 42.2. The zero-order valence-electron chi connectivity index (χ0n) is 8.97. The van der Waals surface area contributed by atoms with Gasteiger partial charge in [-0.05, 0) is 20.8 Å². The van der Waals surface area contributed by atoms with Gasteiger partial charge in [0.05, 0.1) is 0 Å². The average molecular weight is 243 g/mol. The highest BCUT2D eigenvalue weighted by molar-refractivity contribution is 5.78. The van der Waals surface area contributed by atoms with E-state index in [0.29, 0.717) is 0 Å². The summed E-state index contributed by atoms with van der Waals surface area (Å²) in [5.74, 6) is -0.855. The number of hydrogen-bond acceptors (Lipinski definition) is 4. The maximum absolute atomic E-state index is 11.5. The third-order valence-electron chi connectivity index (χ3n) is 1.01. The normalized spacial score (nSPS) is 11.9. The summed E-state index contributed by atoms with van der Waals surface area (Å²) in [6.45, 7) is 4.06. The number of rotatable bonds is 2. The highest BCUT2D eigenvalue weighted by Gasteiger charge is 2.34. The molecule has 0 spiro atoms. The molecule has 0 rings (SSSR count). The first-order valence-corrected chi connectivity index (χ1v) is 4.25. The quantitative estimate of drug-likeness (QED) is 0.748. The van der Waals surface area contributed by atoms with Crippen molar-refractivity contribution < 1.29 is 32.2 Å². The van der Waals surface area contributed by atoms with Crippen molar-refractivity contribution in [3.8, 4) is 0 Å². The van der Waals surface area contributed by atoms with Crippen molar-refractivity contribution in [3.63, 3.8) is 0 Å². The molecular weight excluding hydrogens is 231 g/mol. The van der Waals surface area contributed by atoms with E-state index in [1.807, 2.05) is 0 Å². The lowest BCUT2D eigenvalue weighted by Crippen LogP contribution is -2.37. The fourth-order valence-electron chi connectivity index (χ4n) is 0.663. The molecule has 8 heteroatoms. The van der Waals surface area contributed by atoms with Crippen LogP contribution in [0.1, 0.15) is 20.8 Å². The molecule has 0 aromatic rings. The second-order valence-corrected chi connectivity index (χ2v) is 3.78. The zero-order chi connectivity index (χ0) is 13.0. The first-order valence-electron chi connectivity index (χ1n) is 4.25. The van der Waals surface area contributed by atoms with Crippen LogP contribution >= 0.6 is 0 Å². The molecule has 0 aromatic carbocycles. The van der Waals surface area contributed by atoms with Crippen LogP contribution in [0.15, 0.2) is 0 Å². The van der Waals surface area contributed by atoms with Crippen molar-refractivity contribution in [2.75, 3.05) is 6.54 Å². The van der Waals surface area contributed by atoms with Crippen LogP contribution in [-0.4, -0.2) is 30.6 Å². The molecule has 0 saturated heterocycles. The van der Waals surface area contributed by atoms with Crippen LogP contribution in [0.4, 0.5) is 18.0 Å². The molecule has 0 heterocycles. The molecule has 0 aliphatic heterocycles. The molecule has 16 heavy (non-hydrogen) atoms. The van der Waals surface area contributed by atoms with Crippen LogP contribution in [0, 0.1) is 0 Å². The number of alkyl halides is 3. The Bertz CT molecular complexity index is 241. The van der Waals surface area contributed by atoms with Crippen molar-refractivity contribution >= 4 is 12.1 Å². The maximum Gasteiger partial charge on any atom is 0.576 e. The minimum atomic E-state index is -5.07. The maximum atomic E-state index is 11.5. The predicted octanol–water partition coefficient (Wildman–Crippen LogP) is 1.57. The molecule has 0 saturated carbocycles. The van der Waals surface area contributed by atoms with Crippen LogP contribution in [0.2, 0.25) is 0 Å². The van der Waals surface area contributed by atoms with E-state index in [-0.39, 0.29) is 0 Å². The molecule has 0 aliphatic carbocycles. The Hall–Kier alpha value is -1.47. The van der Waals surface area contributed by atoms with E-state index < -0.39 is 30.6 Å². The van der Waals surface area contributed by atoms with E-state index in [9.17, 15) is 22.8 Å². The molecule has 1 amide bonds. The predicted molar refractivity (Wildman–Crippen MR) is 46.4 cm³/mol. The van der Waals surface area contributed by atoms with E-state index in [0.717, 1.165) is 0 Å². The van der Waals surface area contributed by atoms with Crippen molar-refractivity contribution in [2.45, 2.75) is 32.7 Å². The summed E-state index contributed by atoms with van der Waals surface area (Å²) >= 11 is 0. The molecule has 0 fully saturated rings. The van der Waals surface area contributed by atoms with Gasteiger partial charge in [-0.3, -0.25) is 4.79 Å². The van der Waals surface area contributed by atoms with Gasteiger partial charge in [-0.15, -0.1) is 13.2 Å². The number of alkyl carbamates (subject to hydrolysis) is 1. The number of carbonyl (C=O) groups excluding carboxylic acids is 2. The van der Waals surface area contributed by atoms with Gasteiger partial charge in [0.2, 0.25) is 0 Å². The van der Waals surface area contributed by atoms with Gasteiger partial charge < -0.3 is 14.8 Å². The number of hydrogen-bond donors (Lipinski definition) is 1. The Morgan fingerprint density at radius 2 is 1.62 bits per heavy atom. The zero-order valence-corrected chi connectivity index (χ0v) is 8.97. The number of ether oxygens (including phenoxy) is 2. The molecule has 0 bridgehead atoms. The molecule has 94 valence electrons. The van der Waals surface area contributed by atoms with Crippen molar-refractivity contribution in [2.24, 2.45) is 0 Å². The number of amides is 1. The van der Waals surface area contributed by atoms with E-state index >= 15 is 0 Å². The van der Waals surface area contributed by atoms with Crippen LogP contribution in [0.5, 0.6) is 0 Å². The van der Waals surface area contributed by atoms with Gasteiger partial charge >= 0.3 is 18.4 Å². The largest absolute Gasteiger partial charge is 0.576 e. The highest BCUT2D eigenvalue weighted by atomic mass is 19.4. The molecule has 0 radical (unpaired) electrons. The minimum Gasteiger partial charge on any atom is -0.459 e. The number of halogens is 3. The summed E-state index contributed by atoms with van der Waals surface area (Å²) in [5, 5.41) is 1.61. The van der Waals surface area contributed by atoms with Crippen LogP contribution in [0.25, 0.3) is 0 Å². The van der Waals surface area contributed by atoms with Crippen LogP contribution in [0.3, 0.4) is 0 Å². The molecule has 5 nitrogen and oxygen atoms in total. The lowest BCUT2D eigenvalue weighted by atomic mass is 10.2. The monoisotopic (exact) mass is 243 g/mol. The summed E-state index contributed by atoms with van der Waals surface area (Å²) in [7, 11) is 0. The first-order chi connectivity index (χ1) is 6.99. The second-order valence-electron chi connectivity index (χ2n) is 3.78. The topological polar surface area (TPSA) is 64.6 Å². The van der Waals surface area contributed by atoms with Crippen molar-refractivity contribution in [1.29, 1.82) is 0 Å². The summed E-state index contributed by atoms with van der Waals surface area (Å²) in [6.07, 6.45) is -6.82. The Kier molecular flexibility index (Phi) is 4.58. The molecule has 1 N–H and O–H groups in total. The fraction of sp³-hybridized carbons (Fsp3) is 0.750. The van der Waals surface area contributed by atoms with Gasteiger partial charge in [0.25, 0.3) is 0 Å². The Morgan fingerprint density at radius 1 is 1.12 bits per heavy atom. The summed E-state index contributed by atoms with van der Waals surface area (Å²) in [6, 6.07) is 0. The van der Waals surface area contributed by atoms with Gasteiger partial charge in [0.15, 0.2) is 0 Å². The Labute approximate surface area is 89.9 Å².